The van der Waals surface area contributed by atoms with Gasteiger partial charge in [0.15, 0.2) is 0 Å². The summed E-state index contributed by atoms with van der Waals surface area (Å²) in [6.07, 6.45) is 0.801. The van der Waals surface area contributed by atoms with Gasteiger partial charge >= 0.3 is 0 Å². The molecule has 1 heterocycles. The van der Waals surface area contributed by atoms with E-state index in [9.17, 15) is 5.11 Å². The molecule has 10 heavy (non-hydrogen) atoms. The number of rotatable bonds is 3. The van der Waals surface area contributed by atoms with Crippen LogP contribution in [0.5, 0.6) is 0 Å². The molecule has 2 atom stereocenters. The van der Waals surface area contributed by atoms with Crippen molar-refractivity contribution in [2.75, 3.05) is 19.8 Å². The Balaban J connectivity index is 2.14. The van der Waals surface area contributed by atoms with Crippen molar-refractivity contribution in [3.05, 3.63) is 0 Å². The molecule has 1 saturated heterocycles. The summed E-state index contributed by atoms with van der Waals surface area (Å²) >= 11 is 0. The zero-order valence-corrected chi connectivity index (χ0v) is 6.34. The summed E-state index contributed by atoms with van der Waals surface area (Å²) in [4.78, 5) is 0. The van der Waals surface area contributed by atoms with Crippen LogP contribution in [0.25, 0.3) is 0 Å². The molecule has 1 aliphatic heterocycles. The fourth-order valence-electron chi connectivity index (χ4n) is 1.07. The summed E-state index contributed by atoms with van der Waals surface area (Å²) in [5.41, 5.74) is 0. The lowest BCUT2D eigenvalue weighted by Gasteiger charge is -2.12. The molecule has 0 bridgehead atoms. The Kier molecular flexibility index (Phi) is 3.12. The maximum absolute atomic E-state index is 9.23. The van der Waals surface area contributed by atoms with Crippen molar-refractivity contribution in [3.8, 4) is 0 Å². The second kappa shape index (κ2) is 3.91. The van der Waals surface area contributed by atoms with Gasteiger partial charge in [-0.1, -0.05) is 6.92 Å². The first-order valence-electron chi connectivity index (χ1n) is 3.83. The van der Waals surface area contributed by atoms with E-state index in [-0.39, 0.29) is 12.1 Å². The highest BCUT2D eigenvalue weighted by Gasteiger charge is 2.24. The molecular formula is C7H15NO2. The third-order valence-corrected chi connectivity index (χ3v) is 1.71. The van der Waals surface area contributed by atoms with Crippen LogP contribution in [0.15, 0.2) is 0 Å². The van der Waals surface area contributed by atoms with E-state index in [2.05, 4.69) is 12.2 Å². The fraction of sp³-hybridized carbons (Fsp3) is 1.00. The minimum Gasteiger partial charge on any atom is -0.389 e. The predicted octanol–water partition coefficient (Wildman–Crippen LogP) is -0.254. The number of nitrogens with one attached hydrogen (secondary N) is 1. The second-order valence-corrected chi connectivity index (χ2v) is 2.67. The van der Waals surface area contributed by atoms with Gasteiger partial charge in [-0.3, -0.25) is 0 Å². The Morgan fingerprint density at radius 3 is 2.90 bits per heavy atom. The summed E-state index contributed by atoms with van der Waals surface area (Å²) in [6.45, 7) is 4.21. The summed E-state index contributed by atoms with van der Waals surface area (Å²) in [6, 6.07) is 0.167. The van der Waals surface area contributed by atoms with Gasteiger partial charge in [-0.15, -0.1) is 0 Å². The molecule has 0 aromatic rings. The van der Waals surface area contributed by atoms with Gasteiger partial charge in [0.1, 0.15) is 0 Å². The van der Waals surface area contributed by atoms with Gasteiger partial charge in [0.25, 0.3) is 0 Å². The van der Waals surface area contributed by atoms with E-state index in [1.165, 1.54) is 0 Å². The summed E-state index contributed by atoms with van der Waals surface area (Å²) in [7, 11) is 0. The average Bonchev–Trinajstić information content (AvgIpc) is 2.31. The fourth-order valence-corrected chi connectivity index (χ4v) is 1.07. The zero-order chi connectivity index (χ0) is 7.40. The van der Waals surface area contributed by atoms with Crippen LogP contribution in [-0.4, -0.2) is 37.0 Å². The lowest BCUT2D eigenvalue weighted by molar-refractivity contribution is 0.122. The van der Waals surface area contributed by atoms with Crippen molar-refractivity contribution in [3.63, 3.8) is 0 Å². The molecule has 1 fully saturated rings. The van der Waals surface area contributed by atoms with Crippen LogP contribution in [-0.2, 0) is 4.74 Å². The molecule has 60 valence electrons. The van der Waals surface area contributed by atoms with Crippen molar-refractivity contribution < 1.29 is 9.84 Å². The van der Waals surface area contributed by atoms with E-state index in [1.807, 2.05) is 0 Å². The van der Waals surface area contributed by atoms with Crippen molar-refractivity contribution in [1.82, 2.24) is 5.32 Å². The Labute approximate surface area is 61.4 Å². The highest BCUT2D eigenvalue weighted by Crippen LogP contribution is 2.04. The molecule has 0 aliphatic carbocycles. The van der Waals surface area contributed by atoms with Crippen molar-refractivity contribution in [1.29, 1.82) is 0 Å². The SMILES string of the molecule is CCCN[C@@H]1COC[C@H]1O. The number of aliphatic hydroxyl groups excluding tert-OH is 1. The smallest absolute Gasteiger partial charge is 0.0948 e. The first-order valence-corrected chi connectivity index (χ1v) is 3.83. The van der Waals surface area contributed by atoms with E-state index in [1.54, 1.807) is 0 Å². The second-order valence-electron chi connectivity index (χ2n) is 2.67. The Morgan fingerprint density at radius 2 is 2.40 bits per heavy atom. The van der Waals surface area contributed by atoms with Gasteiger partial charge in [-0.2, -0.15) is 0 Å². The maximum atomic E-state index is 9.23. The third-order valence-electron chi connectivity index (χ3n) is 1.71. The molecule has 0 amide bonds. The molecule has 0 aromatic carbocycles. The summed E-state index contributed by atoms with van der Waals surface area (Å²) < 4.78 is 5.05. The molecule has 3 nitrogen and oxygen atoms in total. The quantitative estimate of drug-likeness (QED) is 0.575. The number of ether oxygens (including phenoxy) is 1. The van der Waals surface area contributed by atoms with Crippen molar-refractivity contribution >= 4 is 0 Å². The molecule has 1 aliphatic rings. The van der Waals surface area contributed by atoms with E-state index in [4.69, 9.17) is 4.74 Å². The van der Waals surface area contributed by atoms with Crippen LogP contribution in [0.3, 0.4) is 0 Å². The highest BCUT2D eigenvalue weighted by molar-refractivity contribution is 4.79. The van der Waals surface area contributed by atoms with Gasteiger partial charge < -0.3 is 15.2 Å². The Hall–Kier alpha value is -0.120. The first kappa shape index (κ1) is 7.98. The molecule has 1 rings (SSSR count). The predicted molar refractivity (Wildman–Crippen MR) is 38.9 cm³/mol. The maximum Gasteiger partial charge on any atom is 0.0948 e. The molecule has 0 radical (unpaired) electrons. The highest BCUT2D eigenvalue weighted by atomic mass is 16.5. The van der Waals surface area contributed by atoms with Crippen LogP contribution >= 0.6 is 0 Å². The van der Waals surface area contributed by atoms with Crippen LogP contribution in [0, 0.1) is 0 Å². The lowest BCUT2D eigenvalue weighted by Crippen LogP contribution is -2.39. The minimum atomic E-state index is -0.299. The largest absolute Gasteiger partial charge is 0.389 e. The van der Waals surface area contributed by atoms with Crippen LogP contribution in [0.1, 0.15) is 13.3 Å². The Morgan fingerprint density at radius 1 is 1.60 bits per heavy atom. The average molecular weight is 145 g/mol. The molecule has 2 N–H and O–H groups in total. The van der Waals surface area contributed by atoms with Gasteiger partial charge in [0, 0.05) is 0 Å². The van der Waals surface area contributed by atoms with Crippen LogP contribution in [0.2, 0.25) is 0 Å². The Bertz CT molecular complexity index is 97.6. The van der Waals surface area contributed by atoms with Gasteiger partial charge in [0.2, 0.25) is 0 Å². The number of hydrogen-bond donors (Lipinski definition) is 2. The van der Waals surface area contributed by atoms with E-state index in [0.29, 0.717) is 13.2 Å². The van der Waals surface area contributed by atoms with Gasteiger partial charge in [0.05, 0.1) is 25.4 Å². The summed E-state index contributed by atoms with van der Waals surface area (Å²) in [5.74, 6) is 0. The van der Waals surface area contributed by atoms with Crippen molar-refractivity contribution in [2.45, 2.75) is 25.5 Å². The molecule has 3 heteroatoms. The zero-order valence-electron chi connectivity index (χ0n) is 6.34. The van der Waals surface area contributed by atoms with Gasteiger partial charge in [-0.05, 0) is 13.0 Å². The number of hydrogen-bond acceptors (Lipinski definition) is 3. The van der Waals surface area contributed by atoms with Gasteiger partial charge in [-0.25, -0.2) is 0 Å². The number of aliphatic hydroxyl groups is 1. The van der Waals surface area contributed by atoms with E-state index in [0.717, 1.165) is 13.0 Å². The molecular weight excluding hydrogens is 130 g/mol. The summed E-state index contributed by atoms with van der Waals surface area (Å²) in [5, 5.41) is 12.4. The minimum absolute atomic E-state index is 0.167. The molecule has 0 saturated carbocycles. The van der Waals surface area contributed by atoms with Crippen LogP contribution in [0.4, 0.5) is 0 Å². The standard InChI is InChI=1S/C7H15NO2/c1-2-3-8-6-4-10-5-7(6)9/h6-9H,2-5H2,1H3/t6-,7-/m1/s1. The molecule has 0 unspecified atom stereocenters. The lowest BCUT2D eigenvalue weighted by atomic mass is 10.2. The first-order chi connectivity index (χ1) is 4.84. The van der Waals surface area contributed by atoms with Crippen LogP contribution < -0.4 is 5.32 Å². The topological polar surface area (TPSA) is 41.5 Å². The van der Waals surface area contributed by atoms with E-state index < -0.39 is 0 Å². The molecule has 0 spiro atoms. The molecule has 0 aromatic heterocycles. The van der Waals surface area contributed by atoms with Crippen molar-refractivity contribution in [2.24, 2.45) is 0 Å². The third kappa shape index (κ3) is 1.94. The van der Waals surface area contributed by atoms with E-state index >= 15 is 0 Å². The monoisotopic (exact) mass is 145 g/mol. The normalized spacial score (nSPS) is 33.0.